The third kappa shape index (κ3) is 4.01. The number of hydrogen-bond acceptors (Lipinski definition) is 6. The Labute approximate surface area is 196 Å². The van der Waals surface area contributed by atoms with Crippen LogP contribution in [0.25, 0.3) is 16.6 Å². The number of rotatable bonds is 5. The monoisotopic (exact) mass is 462 g/mol. The maximum absolute atomic E-state index is 14.5. The summed E-state index contributed by atoms with van der Waals surface area (Å²) in [5, 5.41) is 4.03. The molecule has 3 saturated heterocycles. The van der Waals surface area contributed by atoms with Crippen LogP contribution in [-0.2, 0) is 0 Å². The van der Waals surface area contributed by atoms with Crippen molar-refractivity contribution in [3.8, 4) is 0 Å². The van der Waals surface area contributed by atoms with Crippen LogP contribution in [0.3, 0.4) is 0 Å². The third-order valence-electron chi connectivity index (χ3n) is 6.73. The van der Waals surface area contributed by atoms with Gasteiger partial charge in [0, 0.05) is 61.5 Å². The molecule has 1 unspecified atom stereocenters. The summed E-state index contributed by atoms with van der Waals surface area (Å²) < 4.78 is 14.5. The van der Waals surface area contributed by atoms with Crippen molar-refractivity contribution in [2.24, 2.45) is 4.99 Å². The van der Waals surface area contributed by atoms with Gasteiger partial charge >= 0.3 is 0 Å². The van der Waals surface area contributed by atoms with Crippen LogP contribution in [0.4, 0.5) is 10.1 Å². The van der Waals surface area contributed by atoms with Gasteiger partial charge in [0.1, 0.15) is 5.82 Å². The second-order valence-corrected chi connectivity index (χ2v) is 9.20. The van der Waals surface area contributed by atoms with E-state index in [0.717, 1.165) is 54.2 Å². The Morgan fingerprint density at radius 3 is 2.76 bits per heavy atom. The molecule has 8 heteroatoms. The Kier molecular flexibility index (Phi) is 5.32. The quantitative estimate of drug-likeness (QED) is 0.626. The Balaban J connectivity index is 1.24. The van der Waals surface area contributed by atoms with Crippen molar-refractivity contribution in [2.75, 3.05) is 51.1 Å². The molecular formula is C25H24ClFN6. The normalized spacial score (nSPS) is 24.1. The molecule has 0 spiro atoms. The largest absolute Gasteiger partial charge is 0.382 e. The number of hydrogen-bond donors (Lipinski definition) is 1. The van der Waals surface area contributed by atoms with Gasteiger partial charge in [0.05, 0.1) is 40.9 Å². The summed E-state index contributed by atoms with van der Waals surface area (Å²) in [6.07, 6.45) is 3.84. The van der Waals surface area contributed by atoms with Crippen LogP contribution in [0.2, 0.25) is 5.02 Å². The number of pyridine rings is 2. The molecule has 4 aliphatic rings. The van der Waals surface area contributed by atoms with Gasteiger partial charge in [-0.15, -0.1) is 0 Å². The molecular weight excluding hydrogens is 439 g/mol. The Morgan fingerprint density at radius 2 is 1.94 bits per heavy atom. The maximum atomic E-state index is 14.5. The Morgan fingerprint density at radius 1 is 1.06 bits per heavy atom. The summed E-state index contributed by atoms with van der Waals surface area (Å²) in [6, 6.07) is 11.0. The van der Waals surface area contributed by atoms with Gasteiger partial charge in [0.25, 0.3) is 0 Å². The molecule has 1 atom stereocenters. The summed E-state index contributed by atoms with van der Waals surface area (Å²) in [6.45, 7) is 7.16. The van der Waals surface area contributed by atoms with E-state index >= 15 is 0 Å². The van der Waals surface area contributed by atoms with Crippen molar-refractivity contribution >= 4 is 39.6 Å². The van der Waals surface area contributed by atoms with E-state index in [-0.39, 0.29) is 5.82 Å². The van der Waals surface area contributed by atoms with Crippen molar-refractivity contribution in [3.63, 3.8) is 0 Å². The summed E-state index contributed by atoms with van der Waals surface area (Å²) in [5.41, 5.74) is 5.12. The first-order valence-electron chi connectivity index (χ1n) is 11.3. The first kappa shape index (κ1) is 20.7. The number of piperazine rings is 3. The Bertz CT molecular complexity index is 1280. The fraction of sp³-hybridized carbons (Fsp3) is 0.320. The SMILES string of the molecule is Fc1ccc(Cl)cc1C1=NCC=C1c1ccc2ncc(NCC3CN4CCN3CC4)cc2n1. The number of aromatic nitrogens is 2. The average molecular weight is 463 g/mol. The van der Waals surface area contributed by atoms with Crippen LogP contribution in [0.1, 0.15) is 11.3 Å². The summed E-state index contributed by atoms with van der Waals surface area (Å²) in [4.78, 5) is 19.1. The van der Waals surface area contributed by atoms with E-state index in [2.05, 4.69) is 25.1 Å². The van der Waals surface area contributed by atoms with Crippen LogP contribution in [0.5, 0.6) is 0 Å². The summed E-state index contributed by atoms with van der Waals surface area (Å²) in [7, 11) is 0. The lowest BCUT2D eigenvalue weighted by molar-refractivity contribution is 0.0189. The second-order valence-electron chi connectivity index (χ2n) is 8.76. The first-order valence-corrected chi connectivity index (χ1v) is 11.7. The molecule has 1 aromatic carbocycles. The zero-order chi connectivity index (χ0) is 22.4. The second kappa shape index (κ2) is 8.48. The lowest BCUT2D eigenvalue weighted by atomic mass is 10.00. The van der Waals surface area contributed by atoms with Crippen LogP contribution in [0.15, 0.2) is 53.7 Å². The number of fused-ring (bicyclic) bond motifs is 4. The lowest BCUT2D eigenvalue weighted by Gasteiger charge is -2.47. The van der Waals surface area contributed by atoms with E-state index in [1.807, 2.05) is 30.5 Å². The number of aliphatic imine (C=N–C) groups is 1. The van der Waals surface area contributed by atoms with Gasteiger partial charge in [0.15, 0.2) is 0 Å². The van der Waals surface area contributed by atoms with Gasteiger partial charge in [-0.2, -0.15) is 0 Å². The minimum atomic E-state index is -0.344. The van der Waals surface area contributed by atoms with Gasteiger partial charge in [0.2, 0.25) is 0 Å². The van der Waals surface area contributed by atoms with E-state index < -0.39 is 0 Å². The van der Waals surface area contributed by atoms with E-state index in [0.29, 0.717) is 28.9 Å². The third-order valence-corrected chi connectivity index (χ3v) is 6.97. The lowest BCUT2D eigenvalue weighted by Crippen LogP contribution is -2.62. The smallest absolute Gasteiger partial charge is 0.132 e. The predicted octanol–water partition coefficient (Wildman–Crippen LogP) is 3.72. The molecule has 4 aliphatic heterocycles. The fourth-order valence-electron chi connectivity index (χ4n) is 4.95. The van der Waals surface area contributed by atoms with Gasteiger partial charge < -0.3 is 5.32 Å². The topological polar surface area (TPSA) is 56.7 Å². The first-order chi connectivity index (χ1) is 16.1. The number of nitrogens with zero attached hydrogens (tertiary/aromatic N) is 5. The highest BCUT2D eigenvalue weighted by Gasteiger charge is 2.31. The van der Waals surface area contributed by atoms with Crippen LogP contribution in [0, 0.1) is 5.82 Å². The molecule has 0 saturated carbocycles. The molecule has 2 bridgehead atoms. The number of anilines is 1. The standard InChI is InChI=1S/C25H24ClFN6/c26-16-1-2-21(27)20(11-16)25-19(5-6-28-25)22-3-4-23-24(31-22)12-17(13-30-23)29-14-18-15-32-7-9-33(18)10-8-32/h1-5,11-13,18,29H,6-10,14-15H2. The molecule has 2 aromatic heterocycles. The van der Waals surface area contributed by atoms with Crippen molar-refractivity contribution in [3.05, 3.63) is 70.8 Å². The molecule has 6 heterocycles. The minimum absolute atomic E-state index is 0.344. The molecule has 3 aromatic rings. The molecule has 0 aliphatic carbocycles. The molecule has 33 heavy (non-hydrogen) atoms. The minimum Gasteiger partial charge on any atom is -0.382 e. The predicted molar refractivity (Wildman–Crippen MR) is 131 cm³/mol. The van der Waals surface area contributed by atoms with Crippen LogP contribution >= 0.6 is 11.6 Å². The molecule has 0 radical (unpaired) electrons. The van der Waals surface area contributed by atoms with Gasteiger partial charge in [-0.3, -0.25) is 19.8 Å². The van der Waals surface area contributed by atoms with Crippen molar-refractivity contribution in [2.45, 2.75) is 6.04 Å². The maximum Gasteiger partial charge on any atom is 0.132 e. The van der Waals surface area contributed by atoms with E-state index in [9.17, 15) is 4.39 Å². The van der Waals surface area contributed by atoms with Crippen molar-refractivity contribution < 1.29 is 4.39 Å². The molecule has 1 N–H and O–H groups in total. The van der Waals surface area contributed by atoms with Crippen molar-refractivity contribution in [1.29, 1.82) is 0 Å². The Hall–Kier alpha value is -2.87. The molecule has 7 rings (SSSR count). The number of benzene rings is 1. The van der Waals surface area contributed by atoms with E-state index in [1.54, 1.807) is 12.1 Å². The summed E-state index contributed by atoms with van der Waals surface area (Å²) >= 11 is 6.11. The number of allylic oxidation sites excluding steroid dienone is 1. The highest BCUT2D eigenvalue weighted by molar-refractivity contribution is 6.35. The molecule has 6 nitrogen and oxygen atoms in total. The van der Waals surface area contributed by atoms with Gasteiger partial charge in [-0.25, -0.2) is 9.37 Å². The number of halogens is 2. The van der Waals surface area contributed by atoms with Crippen LogP contribution in [-0.4, -0.2) is 77.3 Å². The molecule has 0 amide bonds. The zero-order valence-corrected chi connectivity index (χ0v) is 18.9. The van der Waals surface area contributed by atoms with Crippen LogP contribution < -0.4 is 5.32 Å². The fourth-order valence-corrected chi connectivity index (χ4v) is 5.12. The van der Waals surface area contributed by atoms with E-state index in [4.69, 9.17) is 16.6 Å². The highest BCUT2D eigenvalue weighted by Crippen LogP contribution is 2.28. The molecule has 3 fully saturated rings. The number of nitrogens with one attached hydrogen (secondary N) is 1. The van der Waals surface area contributed by atoms with Crippen molar-refractivity contribution in [1.82, 2.24) is 19.8 Å². The van der Waals surface area contributed by atoms with Gasteiger partial charge in [-0.05, 0) is 36.4 Å². The molecule has 168 valence electrons. The average Bonchev–Trinajstić information content (AvgIpc) is 3.34. The highest BCUT2D eigenvalue weighted by atomic mass is 35.5. The van der Waals surface area contributed by atoms with Gasteiger partial charge in [-0.1, -0.05) is 17.7 Å². The summed E-state index contributed by atoms with van der Waals surface area (Å²) in [5.74, 6) is -0.344. The van der Waals surface area contributed by atoms with E-state index in [1.165, 1.54) is 19.2 Å². The zero-order valence-electron chi connectivity index (χ0n) is 18.1.